The fourth-order valence-corrected chi connectivity index (χ4v) is 3.19. The highest BCUT2D eigenvalue weighted by molar-refractivity contribution is 5.74. The second-order valence-electron chi connectivity index (χ2n) is 6.32. The molecule has 0 saturated carbocycles. The van der Waals surface area contributed by atoms with E-state index in [2.05, 4.69) is 11.4 Å². The van der Waals surface area contributed by atoms with Gasteiger partial charge in [0.15, 0.2) is 5.75 Å². The van der Waals surface area contributed by atoms with Crippen molar-refractivity contribution in [1.29, 1.82) is 0 Å². The molecule has 1 amide bonds. The highest BCUT2D eigenvalue weighted by atomic mass is 16.5. The van der Waals surface area contributed by atoms with Gasteiger partial charge in [-0.1, -0.05) is 49.6 Å². The third kappa shape index (κ3) is 4.51. The standard InChI is InChI=1S/C20H24N2O3/c23-20(22-24)14-4-2-1-3-10-16-15-9-5-7-12-18(15)25-19-13-8-6-11-17(19)21-16/h5-9,11-13,16,21,24H,1-4,10,14H2,(H,22,23). The minimum absolute atomic E-state index is 0.209. The summed E-state index contributed by atoms with van der Waals surface area (Å²) < 4.78 is 6.09. The Bertz CT molecular complexity index is 718. The summed E-state index contributed by atoms with van der Waals surface area (Å²) in [6.07, 6.45) is 5.28. The largest absolute Gasteiger partial charge is 0.455 e. The number of nitrogens with one attached hydrogen (secondary N) is 2. The molecule has 0 radical (unpaired) electrons. The summed E-state index contributed by atoms with van der Waals surface area (Å²) in [4.78, 5) is 11.0. The Balaban J connectivity index is 1.59. The third-order valence-electron chi connectivity index (χ3n) is 4.50. The quantitative estimate of drug-likeness (QED) is 0.385. The van der Waals surface area contributed by atoms with Gasteiger partial charge in [0, 0.05) is 12.0 Å². The van der Waals surface area contributed by atoms with E-state index in [0.29, 0.717) is 6.42 Å². The van der Waals surface area contributed by atoms with Gasteiger partial charge in [0.1, 0.15) is 5.75 Å². The molecular weight excluding hydrogens is 316 g/mol. The summed E-state index contributed by atoms with van der Waals surface area (Å²) in [7, 11) is 0. The van der Waals surface area contributed by atoms with Gasteiger partial charge in [-0.05, 0) is 31.0 Å². The van der Waals surface area contributed by atoms with Crippen LogP contribution in [0.1, 0.15) is 50.1 Å². The molecule has 0 aromatic heterocycles. The number of anilines is 1. The second-order valence-corrected chi connectivity index (χ2v) is 6.32. The van der Waals surface area contributed by atoms with E-state index in [1.54, 1.807) is 5.48 Å². The number of ether oxygens (including phenoxy) is 1. The van der Waals surface area contributed by atoms with Crippen molar-refractivity contribution in [3.63, 3.8) is 0 Å². The molecule has 1 aliphatic rings. The van der Waals surface area contributed by atoms with Gasteiger partial charge >= 0.3 is 0 Å². The molecule has 2 aromatic carbocycles. The number of hydrogen-bond acceptors (Lipinski definition) is 4. The Morgan fingerprint density at radius 1 is 1.00 bits per heavy atom. The van der Waals surface area contributed by atoms with Gasteiger partial charge in [0.05, 0.1) is 11.7 Å². The Hall–Kier alpha value is -2.53. The molecule has 1 aliphatic heterocycles. The number of para-hydroxylation sites is 3. The van der Waals surface area contributed by atoms with Crippen LogP contribution in [0.25, 0.3) is 0 Å². The summed E-state index contributed by atoms with van der Waals surface area (Å²) >= 11 is 0. The van der Waals surface area contributed by atoms with E-state index in [1.807, 2.05) is 42.5 Å². The molecule has 5 heteroatoms. The topological polar surface area (TPSA) is 70.6 Å². The van der Waals surface area contributed by atoms with Crippen molar-refractivity contribution in [2.45, 2.75) is 44.6 Å². The van der Waals surface area contributed by atoms with E-state index in [4.69, 9.17) is 9.94 Å². The molecule has 0 saturated heterocycles. The van der Waals surface area contributed by atoms with Crippen LogP contribution in [-0.2, 0) is 4.79 Å². The molecule has 2 aromatic rings. The van der Waals surface area contributed by atoms with E-state index in [-0.39, 0.29) is 11.9 Å². The summed E-state index contributed by atoms with van der Waals surface area (Å²) in [6, 6.07) is 16.4. The Morgan fingerprint density at radius 2 is 1.72 bits per heavy atom. The Kier molecular flexibility index (Phi) is 5.90. The molecule has 1 heterocycles. The van der Waals surface area contributed by atoms with Crippen molar-refractivity contribution in [3.8, 4) is 11.5 Å². The molecule has 1 atom stereocenters. The van der Waals surface area contributed by atoms with Crippen LogP contribution in [0.5, 0.6) is 11.5 Å². The number of unbranched alkanes of at least 4 members (excludes halogenated alkanes) is 3. The smallest absolute Gasteiger partial charge is 0.243 e. The molecule has 3 N–H and O–H groups in total. The van der Waals surface area contributed by atoms with Crippen LogP contribution in [0, 0.1) is 0 Å². The normalized spacial score (nSPS) is 15.2. The van der Waals surface area contributed by atoms with Crippen molar-refractivity contribution in [1.82, 2.24) is 5.48 Å². The minimum atomic E-state index is -0.312. The number of carbonyl (C=O) groups is 1. The number of rotatable bonds is 7. The number of benzene rings is 2. The number of amides is 1. The summed E-state index contributed by atoms with van der Waals surface area (Å²) in [6.45, 7) is 0. The first kappa shape index (κ1) is 17.3. The van der Waals surface area contributed by atoms with Crippen molar-refractivity contribution in [3.05, 3.63) is 54.1 Å². The van der Waals surface area contributed by atoms with Crippen LogP contribution in [0.15, 0.2) is 48.5 Å². The number of hydrogen-bond donors (Lipinski definition) is 3. The highest BCUT2D eigenvalue weighted by Crippen LogP contribution is 2.41. The fraction of sp³-hybridized carbons (Fsp3) is 0.350. The maximum atomic E-state index is 11.0. The van der Waals surface area contributed by atoms with Crippen molar-refractivity contribution in [2.75, 3.05) is 5.32 Å². The lowest BCUT2D eigenvalue weighted by Crippen LogP contribution is -2.17. The highest BCUT2D eigenvalue weighted by Gasteiger charge is 2.21. The van der Waals surface area contributed by atoms with Crippen LogP contribution in [-0.4, -0.2) is 11.1 Å². The zero-order valence-corrected chi connectivity index (χ0v) is 14.2. The van der Waals surface area contributed by atoms with Crippen LogP contribution in [0.2, 0.25) is 0 Å². The average molecular weight is 340 g/mol. The summed E-state index contributed by atoms with van der Waals surface area (Å²) in [5.41, 5.74) is 3.87. The van der Waals surface area contributed by atoms with Crippen LogP contribution in [0.4, 0.5) is 5.69 Å². The number of fused-ring (bicyclic) bond motifs is 2. The lowest BCUT2D eigenvalue weighted by atomic mass is 9.99. The molecule has 0 fully saturated rings. The molecule has 25 heavy (non-hydrogen) atoms. The summed E-state index contributed by atoms with van der Waals surface area (Å²) in [5, 5.41) is 12.1. The average Bonchev–Trinajstić information content (AvgIpc) is 2.80. The molecule has 132 valence electrons. The maximum absolute atomic E-state index is 11.0. The summed E-state index contributed by atoms with van der Waals surface area (Å²) in [5.74, 6) is 1.45. The van der Waals surface area contributed by atoms with E-state index in [1.165, 1.54) is 5.56 Å². The molecule has 0 aliphatic carbocycles. The van der Waals surface area contributed by atoms with Gasteiger partial charge in [0.2, 0.25) is 5.91 Å². The molecule has 1 unspecified atom stereocenters. The van der Waals surface area contributed by atoms with Gasteiger partial charge in [0.25, 0.3) is 0 Å². The molecule has 3 rings (SSSR count). The van der Waals surface area contributed by atoms with Gasteiger partial charge in [-0.2, -0.15) is 0 Å². The third-order valence-corrected chi connectivity index (χ3v) is 4.50. The van der Waals surface area contributed by atoms with E-state index < -0.39 is 0 Å². The van der Waals surface area contributed by atoms with Crippen LogP contribution < -0.4 is 15.5 Å². The molecule has 5 nitrogen and oxygen atoms in total. The van der Waals surface area contributed by atoms with Crippen molar-refractivity contribution in [2.24, 2.45) is 0 Å². The van der Waals surface area contributed by atoms with E-state index >= 15 is 0 Å². The molecule has 0 bridgehead atoms. The fourth-order valence-electron chi connectivity index (χ4n) is 3.19. The minimum Gasteiger partial charge on any atom is -0.455 e. The zero-order valence-electron chi connectivity index (χ0n) is 14.2. The van der Waals surface area contributed by atoms with Crippen LogP contribution >= 0.6 is 0 Å². The first-order chi connectivity index (χ1) is 12.3. The first-order valence-electron chi connectivity index (χ1n) is 8.83. The number of hydroxylamine groups is 1. The Morgan fingerprint density at radius 3 is 2.56 bits per heavy atom. The van der Waals surface area contributed by atoms with Gasteiger partial charge in [-0.15, -0.1) is 0 Å². The van der Waals surface area contributed by atoms with Gasteiger partial charge < -0.3 is 10.1 Å². The lowest BCUT2D eigenvalue weighted by molar-refractivity contribution is -0.129. The van der Waals surface area contributed by atoms with Crippen molar-refractivity contribution >= 4 is 11.6 Å². The lowest BCUT2D eigenvalue weighted by Gasteiger charge is -2.19. The van der Waals surface area contributed by atoms with E-state index in [0.717, 1.165) is 49.3 Å². The SMILES string of the molecule is O=C(CCCCCCC1Nc2ccccc2Oc2ccccc21)NO. The first-order valence-corrected chi connectivity index (χ1v) is 8.83. The van der Waals surface area contributed by atoms with Crippen LogP contribution in [0.3, 0.4) is 0 Å². The zero-order chi connectivity index (χ0) is 17.5. The monoisotopic (exact) mass is 340 g/mol. The maximum Gasteiger partial charge on any atom is 0.243 e. The van der Waals surface area contributed by atoms with Crippen molar-refractivity contribution < 1.29 is 14.7 Å². The number of carbonyl (C=O) groups excluding carboxylic acids is 1. The predicted molar refractivity (Wildman–Crippen MR) is 97.0 cm³/mol. The van der Waals surface area contributed by atoms with E-state index in [9.17, 15) is 4.79 Å². The second kappa shape index (κ2) is 8.53. The predicted octanol–water partition coefficient (Wildman–Crippen LogP) is 4.79. The molecule has 0 spiro atoms. The Labute approximate surface area is 148 Å². The van der Waals surface area contributed by atoms with Gasteiger partial charge in [-0.3, -0.25) is 10.0 Å². The van der Waals surface area contributed by atoms with Gasteiger partial charge in [-0.25, -0.2) is 5.48 Å². The molecular formula is C20H24N2O3.